The topological polar surface area (TPSA) is 95.0 Å². The number of aromatic carboxylic acids is 1. The minimum atomic E-state index is -0.888. The van der Waals surface area contributed by atoms with Crippen LogP contribution in [0.2, 0.25) is 0 Å². The van der Waals surface area contributed by atoms with Crippen molar-refractivity contribution < 1.29 is 9.90 Å². The molecule has 1 aromatic carbocycles. The first-order valence-corrected chi connectivity index (χ1v) is 9.53. The molecule has 2 N–H and O–H groups in total. The van der Waals surface area contributed by atoms with E-state index in [1.807, 2.05) is 12.1 Å². The maximum Gasteiger partial charge on any atom is 0.335 e. The van der Waals surface area contributed by atoms with Gasteiger partial charge in [-0.15, -0.1) is 0 Å². The van der Waals surface area contributed by atoms with Crippen LogP contribution in [0.5, 0.6) is 0 Å². The number of benzene rings is 1. The summed E-state index contributed by atoms with van der Waals surface area (Å²) in [4.78, 5) is 29.9. The molecule has 1 fully saturated rings. The molecule has 0 aliphatic carbocycles. The van der Waals surface area contributed by atoms with Gasteiger partial charge in [0, 0.05) is 37.9 Å². The molecule has 1 aliphatic rings. The Morgan fingerprint density at radius 1 is 1.14 bits per heavy atom. The number of H-pyrrole nitrogens is 1. The Bertz CT molecular complexity index is 924. The van der Waals surface area contributed by atoms with Gasteiger partial charge in [0.05, 0.1) is 11.3 Å². The van der Waals surface area contributed by atoms with Crippen molar-refractivity contribution in [1.82, 2.24) is 24.8 Å². The fraction of sp³-hybridized carbons (Fsp3) is 0.333. The molecule has 28 heavy (non-hydrogen) atoms. The van der Waals surface area contributed by atoms with Crippen molar-refractivity contribution in [3.63, 3.8) is 0 Å². The summed E-state index contributed by atoms with van der Waals surface area (Å²) < 4.78 is 0. The first-order valence-electron chi connectivity index (χ1n) is 9.53. The monoisotopic (exact) mass is 377 g/mol. The molecule has 1 atom stereocenters. The molecular weight excluding hydrogens is 354 g/mol. The van der Waals surface area contributed by atoms with Crippen LogP contribution in [-0.2, 0) is 13.0 Å². The van der Waals surface area contributed by atoms with Crippen molar-refractivity contribution in [2.24, 2.45) is 5.92 Å². The van der Waals surface area contributed by atoms with Crippen molar-refractivity contribution in [3.8, 4) is 11.5 Å². The number of likely N-dealkylation sites (tertiary alicyclic amines) is 1. The van der Waals surface area contributed by atoms with E-state index in [0.717, 1.165) is 55.3 Å². The highest BCUT2D eigenvalue weighted by molar-refractivity contribution is 5.87. The van der Waals surface area contributed by atoms with E-state index in [2.05, 4.69) is 24.8 Å². The lowest BCUT2D eigenvalue weighted by molar-refractivity contribution is 0.0697. The van der Waals surface area contributed by atoms with Crippen molar-refractivity contribution in [2.75, 3.05) is 13.1 Å². The van der Waals surface area contributed by atoms with Gasteiger partial charge in [0.15, 0.2) is 5.82 Å². The van der Waals surface area contributed by atoms with Gasteiger partial charge in [0.25, 0.3) is 0 Å². The van der Waals surface area contributed by atoms with Gasteiger partial charge in [-0.2, -0.15) is 0 Å². The van der Waals surface area contributed by atoms with Crippen LogP contribution < -0.4 is 0 Å². The van der Waals surface area contributed by atoms with Crippen molar-refractivity contribution in [2.45, 2.75) is 25.8 Å². The standard InChI is InChI=1S/C21H23N5O2/c27-21(28)17-5-3-15(4-6-17)13-26-11-1-2-16(14-26)12-18-19(23-8-7-22-18)20-24-9-10-25-20/h3-10,16H,1-2,11-14H2,(H,24,25)(H,27,28)/t16-/m1/s1. The number of nitrogens with one attached hydrogen (secondary N) is 1. The number of piperidine rings is 1. The average molecular weight is 377 g/mol. The molecule has 7 nitrogen and oxygen atoms in total. The zero-order valence-corrected chi connectivity index (χ0v) is 15.6. The number of hydrogen-bond acceptors (Lipinski definition) is 5. The van der Waals surface area contributed by atoms with E-state index in [0.29, 0.717) is 11.5 Å². The number of carboxylic acid groups (broad SMARTS) is 1. The zero-order valence-electron chi connectivity index (χ0n) is 15.6. The Balaban J connectivity index is 1.41. The van der Waals surface area contributed by atoms with Gasteiger partial charge in [-0.25, -0.2) is 14.8 Å². The molecule has 1 saturated heterocycles. The van der Waals surface area contributed by atoms with Gasteiger partial charge in [0.1, 0.15) is 5.69 Å². The predicted molar refractivity (Wildman–Crippen MR) is 105 cm³/mol. The number of nitrogens with zero attached hydrogens (tertiary/aromatic N) is 4. The minimum Gasteiger partial charge on any atom is -0.478 e. The fourth-order valence-electron chi connectivity index (χ4n) is 3.85. The van der Waals surface area contributed by atoms with Crippen LogP contribution in [-0.4, -0.2) is 49.0 Å². The van der Waals surface area contributed by atoms with Crippen molar-refractivity contribution >= 4 is 5.97 Å². The molecule has 0 spiro atoms. The normalized spacial score (nSPS) is 17.5. The van der Waals surface area contributed by atoms with Gasteiger partial charge in [0.2, 0.25) is 0 Å². The number of hydrogen-bond donors (Lipinski definition) is 2. The fourth-order valence-corrected chi connectivity index (χ4v) is 3.85. The van der Waals surface area contributed by atoms with Crippen molar-refractivity contribution in [1.29, 1.82) is 0 Å². The van der Waals surface area contributed by atoms with Gasteiger partial charge in [-0.05, 0) is 49.4 Å². The summed E-state index contributed by atoms with van der Waals surface area (Å²) in [7, 11) is 0. The summed E-state index contributed by atoms with van der Waals surface area (Å²) in [6.45, 7) is 2.89. The van der Waals surface area contributed by atoms with Crippen LogP contribution in [0, 0.1) is 5.92 Å². The van der Waals surface area contributed by atoms with Crippen LogP contribution in [0.4, 0.5) is 0 Å². The maximum atomic E-state index is 11.0. The molecule has 3 heterocycles. The van der Waals surface area contributed by atoms with Gasteiger partial charge in [-0.1, -0.05) is 12.1 Å². The number of aromatic nitrogens is 4. The first-order chi connectivity index (χ1) is 13.7. The van der Waals surface area contributed by atoms with E-state index in [1.54, 1.807) is 36.9 Å². The van der Waals surface area contributed by atoms with Gasteiger partial charge in [-0.3, -0.25) is 9.88 Å². The van der Waals surface area contributed by atoms with Crippen LogP contribution in [0.3, 0.4) is 0 Å². The lowest BCUT2D eigenvalue weighted by Gasteiger charge is -2.32. The Kier molecular flexibility index (Phi) is 5.43. The molecule has 2 aromatic heterocycles. The molecule has 144 valence electrons. The largest absolute Gasteiger partial charge is 0.478 e. The summed E-state index contributed by atoms with van der Waals surface area (Å²) in [6.07, 6.45) is 10.2. The highest BCUT2D eigenvalue weighted by atomic mass is 16.4. The second kappa shape index (κ2) is 8.31. The number of rotatable bonds is 6. The second-order valence-electron chi connectivity index (χ2n) is 7.24. The Morgan fingerprint density at radius 3 is 2.71 bits per heavy atom. The molecule has 0 unspecified atom stereocenters. The lowest BCUT2D eigenvalue weighted by Crippen LogP contribution is -2.36. The number of imidazole rings is 1. The third-order valence-corrected chi connectivity index (χ3v) is 5.19. The van der Waals surface area contributed by atoms with E-state index < -0.39 is 5.97 Å². The summed E-state index contributed by atoms with van der Waals surface area (Å²) >= 11 is 0. The molecule has 0 saturated carbocycles. The Labute approximate surface area is 163 Å². The highest BCUT2D eigenvalue weighted by Gasteiger charge is 2.23. The Hall–Kier alpha value is -3.06. The van der Waals surface area contributed by atoms with E-state index >= 15 is 0 Å². The lowest BCUT2D eigenvalue weighted by atomic mass is 9.92. The molecule has 7 heteroatoms. The number of aromatic amines is 1. The summed E-state index contributed by atoms with van der Waals surface area (Å²) in [5.41, 5.74) is 3.28. The SMILES string of the molecule is O=C(O)c1ccc(CN2CCC[C@H](Cc3nccnc3-c3ncc[nH]3)C2)cc1. The highest BCUT2D eigenvalue weighted by Crippen LogP contribution is 2.25. The molecule has 0 radical (unpaired) electrons. The summed E-state index contributed by atoms with van der Waals surface area (Å²) in [6, 6.07) is 7.16. The second-order valence-corrected chi connectivity index (χ2v) is 7.24. The Morgan fingerprint density at radius 2 is 1.96 bits per heavy atom. The quantitative estimate of drug-likeness (QED) is 0.686. The molecule has 3 aromatic rings. The predicted octanol–water partition coefficient (Wildman–Crippen LogP) is 3.02. The van der Waals surface area contributed by atoms with E-state index in [4.69, 9.17) is 5.11 Å². The number of carbonyl (C=O) groups is 1. The summed E-state index contributed by atoms with van der Waals surface area (Å²) in [5.74, 6) is 0.382. The van der Waals surface area contributed by atoms with E-state index in [1.165, 1.54) is 6.42 Å². The van der Waals surface area contributed by atoms with Crippen LogP contribution in [0.1, 0.15) is 34.5 Å². The van der Waals surface area contributed by atoms with Crippen LogP contribution >= 0.6 is 0 Å². The third-order valence-electron chi connectivity index (χ3n) is 5.19. The van der Waals surface area contributed by atoms with Gasteiger partial charge >= 0.3 is 5.97 Å². The molecule has 0 amide bonds. The molecular formula is C21H23N5O2. The summed E-state index contributed by atoms with van der Waals surface area (Å²) in [5, 5.41) is 9.03. The molecule has 4 rings (SSSR count). The van der Waals surface area contributed by atoms with Gasteiger partial charge < -0.3 is 10.1 Å². The van der Waals surface area contributed by atoms with E-state index in [9.17, 15) is 4.79 Å². The molecule has 1 aliphatic heterocycles. The third kappa shape index (κ3) is 4.26. The molecule has 0 bridgehead atoms. The first kappa shape index (κ1) is 18.3. The zero-order chi connectivity index (χ0) is 19.3. The smallest absolute Gasteiger partial charge is 0.335 e. The minimum absolute atomic E-state index is 0.327. The average Bonchev–Trinajstić information content (AvgIpc) is 3.24. The van der Waals surface area contributed by atoms with E-state index in [-0.39, 0.29) is 0 Å². The van der Waals surface area contributed by atoms with Crippen molar-refractivity contribution in [3.05, 3.63) is 65.9 Å². The van der Waals surface area contributed by atoms with Crippen LogP contribution in [0.25, 0.3) is 11.5 Å². The van der Waals surface area contributed by atoms with Crippen LogP contribution in [0.15, 0.2) is 49.1 Å². The number of carboxylic acids is 1. The maximum absolute atomic E-state index is 11.0.